The summed E-state index contributed by atoms with van der Waals surface area (Å²) in [5.74, 6) is -0.809. The minimum absolute atomic E-state index is 0.0983. The second kappa shape index (κ2) is 9.40. The molecule has 0 aliphatic carbocycles. The van der Waals surface area contributed by atoms with Crippen LogP contribution in [-0.2, 0) is 14.3 Å². The summed E-state index contributed by atoms with van der Waals surface area (Å²) >= 11 is 4.93. The van der Waals surface area contributed by atoms with Gasteiger partial charge in [-0.3, -0.25) is 9.59 Å². The Bertz CT molecular complexity index is 1060. The molecule has 0 fully saturated rings. The molecule has 7 heteroatoms. The molecule has 0 saturated heterocycles. The van der Waals surface area contributed by atoms with Gasteiger partial charge in [0.05, 0.1) is 17.4 Å². The molecule has 3 aromatic carbocycles. The first-order chi connectivity index (χ1) is 13.6. The number of carbonyl (C=O) groups excluding carboxylic acids is 2. The number of amides is 1. The van der Waals surface area contributed by atoms with Gasteiger partial charge in [0.2, 0.25) is 0 Å². The Labute approximate surface area is 174 Å². The van der Waals surface area contributed by atoms with Crippen LogP contribution in [0.3, 0.4) is 0 Å². The molecule has 28 heavy (non-hydrogen) atoms. The lowest BCUT2D eigenvalue weighted by Crippen LogP contribution is -2.21. The maximum absolute atomic E-state index is 12.0. The number of hydrogen-bond donors (Lipinski definition) is 1. The fourth-order valence-electron chi connectivity index (χ4n) is 2.47. The molecule has 3 aromatic rings. The second-order valence-electron chi connectivity index (χ2n) is 5.79. The number of halogens is 1. The van der Waals surface area contributed by atoms with Crippen LogP contribution in [0.2, 0.25) is 0 Å². The smallest absolute Gasteiger partial charge is 0.316 e. The largest absolute Gasteiger partial charge is 0.455 e. The average molecular weight is 455 g/mol. The van der Waals surface area contributed by atoms with Gasteiger partial charge in [-0.25, -0.2) is 0 Å². The predicted octanol–water partition coefficient (Wildman–Crippen LogP) is 4.75. The Morgan fingerprint density at radius 1 is 1.07 bits per heavy atom. The summed E-state index contributed by atoms with van der Waals surface area (Å²) in [5, 5.41) is 13.6. The number of benzene rings is 3. The summed E-state index contributed by atoms with van der Waals surface area (Å²) in [7, 11) is 0. The molecule has 0 heterocycles. The lowest BCUT2D eigenvalue weighted by atomic mass is 10.1. The topological polar surface area (TPSA) is 79.2 Å². The summed E-state index contributed by atoms with van der Waals surface area (Å²) < 4.78 is 5.96. The number of nitrogens with one attached hydrogen (secondary N) is 1. The van der Waals surface area contributed by atoms with Crippen molar-refractivity contribution in [2.45, 2.75) is 4.90 Å². The standard InChI is InChI=1S/C21H15BrN2O3S/c22-21-17-4-2-1-3-15(17)7-10-18(21)28-13-20(26)27-12-19(25)24-16-8-5-14(11-23)6-9-16/h1-10H,12-13H2,(H,24,25). The number of hydrogen-bond acceptors (Lipinski definition) is 5. The highest BCUT2D eigenvalue weighted by atomic mass is 79.9. The Balaban J connectivity index is 1.48. The van der Waals surface area contributed by atoms with Gasteiger partial charge >= 0.3 is 5.97 Å². The normalized spacial score (nSPS) is 10.3. The summed E-state index contributed by atoms with van der Waals surface area (Å²) in [6, 6.07) is 20.3. The molecule has 1 N–H and O–H groups in total. The molecule has 0 aliphatic rings. The van der Waals surface area contributed by atoms with Crippen molar-refractivity contribution in [3.05, 3.63) is 70.7 Å². The summed E-state index contributed by atoms with van der Waals surface area (Å²) in [6.07, 6.45) is 0. The van der Waals surface area contributed by atoms with Gasteiger partial charge in [0.15, 0.2) is 6.61 Å². The van der Waals surface area contributed by atoms with Crippen LogP contribution in [0.1, 0.15) is 5.56 Å². The van der Waals surface area contributed by atoms with E-state index in [0.717, 1.165) is 20.1 Å². The minimum atomic E-state index is -0.472. The van der Waals surface area contributed by atoms with Gasteiger partial charge in [-0.15, -0.1) is 11.8 Å². The maximum Gasteiger partial charge on any atom is 0.316 e. The van der Waals surface area contributed by atoms with E-state index in [-0.39, 0.29) is 12.4 Å². The first-order valence-corrected chi connectivity index (χ1v) is 10.1. The van der Waals surface area contributed by atoms with E-state index in [4.69, 9.17) is 10.00 Å². The summed E-state index contributed by atoms with van der Waals surface area (Å²) in [6.45, 7) is -0.363. The molecule has 0 aliphatic heterocycles. The number of carbonyl (C=O) groups is 2. The summed E-state index contributed by atoms with van der Waals surface area (Å²) in [4.78, 5) is 24.8. The number of rotatable bonds is 6. The maximum atomic E-state index is 12.0. The van der Waals surface area contributed by atoms with Gasteiger partial charge in [0.1, 0.15) is 0 Å². The zero-order valence-corrected chi connectivity index (χ0v) is 17.0. The number of nitrogens with zero attached hydrogens (tertiary/aromatic N) is 1. The van der Waals surface area contributed by atoms with E-state index < -0.39 is 11.9 Å². The van der Waals surface area contributed by atoms with Crippen molar-refractivity contribution in [2.75, 3.05) is 17.7 Å². The fraction of sp³-hybridized carbons (Fsp3) is 0.0952. The van der Waals surface area contributed by atoms with Crippen LogP contribution in [0.15, 0.2) is 70.0 Å². The Morgan fingerprint density at radius 2 is 1.82 bits per heavy atom. The van der Waals surface area contributed by atoms with Crippen LogP contribution in [-0.4, -0.2) is 24.2 Å². The zero-order chi connectivity index (χ0) is 19.9. The molecule has 0 bridgehead atoms. The van der Waals surface area contributed by atoms with Gasteiger partial charge in [-0.05, 0) is 57.0 Å². The number of thioether (sulfide) groups is 1. The van der Waals surface area contributed by atoms with Crippen LogP contribution in [0.5, 0.6) is 0 Å². The lowest BCUT2D eigenvalue weighted by molar-refractivity contribution is -0.144. The van der Waals surface area contributed by atoms with Crippen molar-refractivity contribution in [3.8, 4) is 6.07 Å². The molecule has 5 nitrogen and oxygen atoms in total. The molecule has 0 saturated carbocycles. The third-order valence-electron chi connectivity index (χ3n) is 3.84. The third kappa shape index (κ3) is 5.12. The number of fused-ring (bicyclic) bond motifs is 1. The zero-order valence-electron chi connectivity index (χ0n) is 14.6. The van der Waals surface area contributed by atoms with E-state index in [9.17, 15) is 9.59 Å². The van der Waals surface area contributed by atoms with Crippen LogP contribution in [0.4, 0.5) is 5.69 Å². The van der Waals surface area contributed by atoms with E-state index in [1.54, 1.807) is 24.3 Å². The molecular weight excluding hydrogens is 440 g/mol. The molecule has 0 radical (unpaired) electrons. The van der Waals surface area contributed by atoms with Gasteiger partial charge in [0.25, 0.3) is 5.91 Å². The van der Waals surface area contributed by atoms with Crippen LogP contribution in [0.25, 0.3) is 10.8 Å². The highest BCUT2D eigenvalue weighted by Crippen LogP contribution is 2.34. The third-order valence-corrected chi connectivity index (χ3v) is 5.98. The van der Waals surface area contributed by atoms with Crippen molar-refractivity contribution < 1.29 is 14.3 Å². The second-order valence-corrected chi connectivity index (χ2v) is 7.60. The Kier molecular flexibility index (Phi) is 6.69. The van der Waals surface area contributed by atoms with Crippen molar-refractivity contribution in [3.63, 3.8) is 0 Å². The van der Waals surface area contributed by atoms with Gasteiger partial charge in [0, 0.05) is 15.1 Å². The molecule has 1 amide bonds. The number of esters is 1. The van der Waals surface area contributed by atoms with E-state index in [1.807, 2.05) is 42.5 Å². The first-order valence-electron chi connectivity index (χ1n) is 8.32. The molecule has 3 rings (SSSR count). The molecule has 0 aromatic heterocycles. The quantitative estimate of drug-likeness (QED) is 0.429. The molecular formula is C21H15BrN2O3S. The van der Waals surface area contributed by atoms with Crippen molar-refractivity contribution in [1.29, 1.82) is 5.26 Å². The highest BCUT2D eigenvalue weighted by Gasteiger charge is 2.11. The molecule has 0 atom stereocenters. The van der Waals surface area contributed by atoms with E-state index in [1.165, 1.54) is 11.8 Å². The van der Waals surface area contributed by atoms with Crippen molar-refractivity contribution in [1.82, 2.24) is 0 Å². The van der Waals surface area contributed by atoms with Gasteiger partial charge in [-0.2, -0.15) is 5.26 Å². The van der Waals surface area contributed by atoms with Crippen molar-refractivity contribution >= 4 is 56.0 Å². The van der Waals surface area contributed by atoms with E-state index in [0.29, 0.717) is 11.3 Å². The van der Waals surface area contributed by atoms with Crippen LogP contribution < -0.4 is 5.32 Å². The number of nitriles is 1. The summed E-state index contributed by atoms with van der Waals surface area (Å²) in [5.41, 5.74) is 1.04. The fourth-order valence-corrected chi connectivity index (χ4v) is 4.07. The Morgan fingerprint density at radius 3 is 2.57 bits per heavy atom. The van der Waals surface area contributed by atoms with E-state index in [2.05, 4.69) is 21.2 Å². The lowest BCUT2D eigenvalue weighted by Gasteiger charge is -2.09. The number of ether oxygens (including phenoxy) is 1. The molecule has 0 unspecified atom stereocenters. The predicted molar refractivity (Wildman–Crippen MR) is 113 cm³/mol. The average Bonchev–Trinajstić information content (AvgIpc) is 2.72. The van der Waals surface area contributed by atoms with Gasteiger partial charge < -0.3 is 10.1 Å². The molecule has 140 valence electrons. The van der Waals surface area contributed by atoms with E-state index >= 15 is 0 Å². The van der Waals surface area contributed by atoms with Crippen LogP contribution in [0, 0.1) is 11.3 Å². The SMILES string of the molecule is N#Cc1ccc(NC(=O)COC(=O)CSc2ccc3ccccc3c2Br)cc1. The monoisotopic (exact) mass is 454 g/mol. The number of anilines is 1. The van der Waals surface area contributed by atoms with Crippen LogP contribution >= 0.6 is 27.7 Å². The Hall–Kier alpha value is -2.82. The van der Waals surface area contributed by atoms with Gasteiger partial charge in [-0.1, -0.05) is 30.3 Å². The minimum Gasteiger partial charge on any atom is -0.455 e. The molecule has 0 spiro atoms. The van der Waals surface area contributed by atoms with Crippen molar-refractivity contribution in [2.24, 2.45) is 0 Å². The highest BCUT2D eigenvalue weighted by molar-refractivity contribution is 9.10. The first kappa shape index (κ1) is 19.9.